The van der Waals surface area contributed by atoms with Crippen LogP contribution in [0.3, 0.4) is 0 Å². The zero-order chi connectivity index (χ0) is 12.3. The van der Waals surface area contributed by atoms with E-state index in [0.29, 0.717) is 11.7 Å². The third-order valence-corrected chi connectivity index (χ3v) is 2.82. The van der Waals surface area contributed by atoms with E-state index in [2.05, 4.69) is 20.6 Å². The van der Waals surface area contributed by atoms with Crippen molar-refractivity contribution in [2.24, 2.45) is 0 Å². The number of aromatic nitrogens is 2. The van der Waals surface area contributed by atoms with Gasteiger partial charge in [-0.1, -0.05) is 6.92 Å². The molecule has 5 heteroatoms. The summed E-state index contributed by atoms with van der Waals surface area (Å²) in [6.45, 7) is 4.01. The fraction of sp³-hybridized carbons (Fsp3) is 0.583. The molecule has 1 aliphatic carbocycles. The van der Waals surface area contributed by atoms with Crippen molar-refractivity contribution in [1.82, 2.24) is 15.3 Å². The van der Waals surface area contributed by atoms with E-state index >= 15 is 0 Å². The predicted molar refractivity (Wildman–Crippen MR) is 65.9 cm³/mol. The van der Waals surface area contributed by atoms with Gasteiger partial charge < -0.3 is 10.6 Å². The van der Waals surface area contributed by atoms with E-state index in [9.17, 15) is 4.79 Å². The molecule has 2 N–H and O–H groups in total. The number of nitrogens with one attached hydrogen (secondary N) is 2. The topological polar surface area (TPSA) is 66.9 Å². The average Bonchev–Trinajstić information content (AvgIpc) is 3.13. The summed E-state index contributed by atoms with van der Waals surface area (Å²) in [4.78, 5) is 19.9. The Morgan fingerprint density at radius 2 is 2.29 bits per heavy atom. The maximum Gasteiger partial charge on any atom is 0.270 e. The molecule has 0 aliphatic heterocycles. The van der Waals surface area contributed by atoms with Gasteiger partial charge in [0.2, 0.25) is 0 Å². The van der Waals surface area contributed by atoms with Crippen molar-refractivity contribution < 1.29 is 4.79 Å². The smallest absolute Gasteiger partial charge is 0.270 e. The molecule has 1 heterocycles. The molecule has 5 nitrogen and oxygen atoms in total. The number of hydrogen-bond donors (Lipinski definition) is 2. The van der Waals surface area contributed by atoms with Crippen LogP contribution in [0, 0.1) is 0 Å². The maximum atomic E-state index is 11.8. The van der Waals surface area contributed by atoms with Crippen LogP contribution in [0.15, 0.2) is 12.4 Å². The van der Waals surface area contributed by atoms with Crippen molar-refractivity contribution in [1.29, 1.82) is 0 Å². The molecule has 0 spiro atoms. The number of anilines is 1. The van der Waals surface area contributed by atoms with Crippen LogP contribution in [0.5, 0.6) is 0 Å². The molecule has 0 radical (unpaired) electrons. The van der Waals surface area contributed by atoms with Crippen LogP contribution in [0.25, 0.3) is 0 Å². The van der Waals surface area contributed by atoms with E-state index in [1.807, 2.05) is 13.8 Å². The van der Waals surface area contributed by atoms with Crippen molar-refractivity contribution in [2.75, 3.05) is 5.32 Å². The molecule has 0 aromatic carbocycles. The molecule has 0 saturated heterocycles. The van der Waals surface area contributed by atoms with Gasteiger partial charge in [0.25, 0.3) is 5.91 Å². The van der Waals surface area contributed by atoms with Crippen molar-refractivity contribution in [2.45, 2.75) is 45.2 Å². The van der Waals surface area contributed by atoms with Gasteiger partial charge >= 0.3 is 0 Å². The fourth-order valence-corrected chi connectivity index (χ4v) is 1.40. The van der Waals surface area contributed by atoms with Gasteiger partial charge in [0, 0.05) is 18.2 Å². The fourth-order valence-electron chi connectivity index (χ4n) is 1.40. The van der Waals surface area contributed by atoms with Gasteiger partial charge in [-0.05, 0) is 26.2 Å². The number of carbonyl (C=O) groups excluding carboxylic acids is 1. The summed E-state index contributed by atoms with van der Waals surface area (Å²) in [5.74, 6) is 0.595. The Labute approximate surface area is 101 Å². The maximum absolute atomic E-state index is 11.8. The highest BCUT2D eigenvalue weighted by Crippen LogP contribution is 2.23. The summed E-state index contributed by atoms with van der Waals surface area (Å²) in [6.07, 6.45) is 4.69. The second-order valence-corrected chi connectivity index (χ2v) is 4.49. The Morgan fingerprint density at radius 1 is 1.53 bits per heavy atom. The van der Waals surface area contributed by atoms with E-state index in [1.165, 1.54) is 19.2 Å². The van der Waals surface area contributed by atoms with Crippen LogP contribution in [0.2, 0.25) is 0 Å². The molecule has 1 atom stereocenters. The second kappa shape index (κ2) is 5.12. The first-order valence-corrected chi connectivity index (χ1v) is 6.08. The predicted octanol–water partition coefficient (Wildman–Crippen LogP) is 1.58. The highest BCUT2D eigenvalue weighted by atomic mass is 16.1. The SMILES string of the molecule is CCC(C)NC(=O)c1cc(NC2CC2)ncn1. The Morgan fingerprint density at radius 3 is 2.94 bits per heavy atom. The minimum Gasteiger partial charge on any atom is -0.367 e. The summed E-state index contributed by atoms with van der Waals surface area (Å²) < 4.78 is 0. The van der Waals surface area contributed by atoms with Gasteiger partial charge in [-0.15, -0.1) is 0 Å². The van der Waals surface area contributed by atoms with Crippen LogP contribution < -0.4 is 10.6 Å². The minimum atomic E-state index is -0.138. The molecule has 2 rings (SSSR count). The molecular weight excluding hydrogens is 216 g/mol. The average molecular weight is 234 g/mol. The zero-order valence-electron chi connectivity index (χ0n) is 10.2. The molecule has 0 bridgehead atoms. The number of carbonyl (C=O) groups is 1. The van der Waals surface area contributed by atoms with Crippen LogP contribution in [0.4, 0.5) is 5.82 Å². The summed E-state index contributed by atoms with van der Waals surface area (Å²) in [5, 5.41) is 6.13. The number of rotatable bonds is 5. The third-order valence-electron chi connectivity index (χ3n) is 2.82. The highest BCUT2D eigenvalue weighted by Gasteiger charge is 2.21. The molecular formula is C12H18N4O. The lowest BCUT2D eigenvalue weighted by Crippen LogP contribution is -2.32. The van der Waals surface area contributed by atoms with Crippen molar-refractivity contribution >= 4 is 11.7 Å². The zero-order valence-corrected chi connectivity index (χ0v) is 10.2. The summed E-state index contributed by atoms with van der Waals surface area (Å²) in [5.41, 5.74) is 0.420. The highest BCUT2D eigenvalue weighted by molar-refractivity contribution is 5.93. The minimum absolute atomic E-state index is 0.138. The molecule has 1 aromatic rings. The number of hydrogen-bond acceptors (Lipinski definition) is 4. The lowest BCUT2D eigenvalue weighted by molar-refractivity contribution is 0.0934. The Bertz CT molecular complexity index is 403. The molecule has 1 amide bonds. The molecule has 1 aliphatic rings. The summed E-state index contributed by atoms with van der Waals surface area (Å²) >= 11 is 0. The number of amides is 1. The Balaban J connectivity index is 2.01. The molecule has 92 valence electrons. The first-order valence-electron chi connectivity index (χ1n) is 6.08. The van der Waals surface area contributed by atoms with Crippen molar-refractivity contribution in [3.63, 3.8) is 0 Å². The van der Waals surface area contributed by atoms with E-state index in [4.69, 9.17) is 0 Å². The first kappa shape index (κ1) is 11.8. The van der Waals surface area contributed by atoms with Crippen LogP contribution >= 0.6 is 0 Å². The quantitative estimate of drug-likeness (QED) is 0.811. The van der Waals surface area contributed by atoms with Gasteiger partial charge in [-0.3, -0.25) is 4.79 Å². The first-order chi connectivity index (χ1) is 8.19. The van der Waals surface area contributed by atoms with Crippen molar-refractivity contribution in [3.05, 3.63) is 18.1 Å². The Hall–Kier alpha value is -1.65. The van der Waals surface area contributed by atoms with E-state index < -0.39 is 0 Å². The lowest BCUT2D eigenvalue weighted by Gasteiger charge is -2.11. The van der Waals surface area contributed by atoms with E-state index in [-0.39, 0.29) is 11.9 Å². The summed E-state index contributed by atoms with van der Waals surface area (Å²) in [7, 11) is 0. The molecule has 17 heavy (non-hydrogen) atoms. The van der Waals surface area contributed by atoms with Gasteiger partial charge in [0.05, 0.1) is 0 Å². The monoisotopic (exact) mass is 234 g/mol. The lowest BCUT2D eigenvalue weighted by atomic mass is 10.2. The van der Waals surface area contributed by atoms with Gasteiger partial charge in [0.15, 0.2) is 0 Å². The second-order valence-electron chi connectivity index (χ2n) is 4.49. The third kappa shape index (κ3) is 3.41. The van der Waals surface area contributed by atoms with Crippen LogP contribution in [-0.2, 0) is 0 Å². The normalized spacial score (nSPS) is 16.4. The molecule has 1 aromatic heterocycles. The largest absolute Gasteiger partial charge is 0.367 e. The summed E-state index contributed by atoms with van der Waals surface area (Å²) in [6, 6.07) is 2.39. The van der Waals surface area contributed by atoms with Gasteiger partial charge in [0.1, 0.15) is 17.8 Å². The molecule has 1 fully saturated rings. The van der Waals surface area contributed by atoms with Crippen LogP contribution in [-0.4, -0.2) is 28.0 Å². The van der Waals surface area contributed by atoms with Crippen LogP contribution in [0.1, 0.15) is 43.6 Å². The van der Waals surface area contributed by atoms with E-state index in [0.717, 1.165) is 12.2 Å². The molecule has 1 saturated carbocycles. The van der Waals surface area contributed by atoms with E-state index in [1.54, 1.807) is 6.07 Å². The standard InChI is InChI=1S/C12H18N4O/c1-3-8(2)15-12(17)10-6-11(14-7-13-10)16-9-4-5-9/h6-9H,3-5H2,1-2H3,(H,15,17)(H,13,14,16). The Kier molecular flexibility index (Phi) is 3.56. The number of nitrogens with zero attached hydrogens (tertiary/aromatic N) is 2. The molecule has 1 unspecified atom stereocenters. The van der Waals surface area contributed by atoms with Gasteiger partial charge in [-0.2, -0.15) is 0 Å². The van der Waals surface area contributed by atoms with Gasteiger partial charge in [-0.25, -0.2) is 9.97 Å². The van der Waals surface area contributed by atoms with Crippen molar-refractivity contribution in [3.8, 4) is 0 Å².